The first kappa shape index (κ1) is 63.5. The van der Waals surface area contributed by atoms with Crippen molar-refractivity contribution >= 4 is 72.6 Å². The zero-order valence-electron chi connectivity index (χ0n) is 59.7. The topological polar surface area (TPSA) is 13.0 Å². The molecule has 0 bridgehead atoms. The first-order valence-corrected chi connectivity index (χ1v) is 39.1. The molecule has 9 atom stereocenters. The van der Waals surface area contributed by atoms with E-state index in [1.54, 1.807) is 0 Å². The van der Waals surface area contributed by atoms with Crippen molar-refractivity contribution in [1.82, 2.24) is 4.90 Å². The van der Waals surface area contributed by atoms with Gasteiger partial charge >= 0.3 is 0 Å². The summed E-state index contributed by atoms with van der Waals surface area (Å²) in [6.07, 6.45) is 47.0. The molecule has 9 aliphatic carbocycles. The van der Waals surface area contributed by atoms with Crippen LogP contribution in [0.15, 0.2) is 362 Å². The van der Waals surface area contributed by atoms with Gasteiger partial charge in [0.2, 0.25) is 0 Å². The van der Waals surface area contributed by atoms with Gasteiger partial charge in [0.15, 0.2) is 0 Å². The Bertz CT molecular complexity index is 5310. The summed E-state index contributed by atoms with van der Waals surface area (Å²) in [6, 6.07) is 99.3. The van der Waals surface area contributed by atoms with Crippen LogP contribution in [-0.2, 0) is 5.41 Å². The van der Waals surface area contributed by atoms with Crippen LogP contribution in [-0.4, -0.2) is 23.0 Å². The van der Waals surface area contributed by atoms with Gasteiger partial charge < -0.3 is 19.6 Å². The van der Waals surface area contributed by atoms with Crippen LogP contribution in [0.25, 0.3) is 38.2 Å². The molecule has 9 aliphatic rings. The van der Waals surface area contributed by atoms with Crippen molar-refractivity contribution in [2.24, 2.45) is 23.7 Å². The summed E-state index contributed by atoms with van der Waals surface area (Å²) >= 11 is 0. The van der Waals surface area contributed by atoms with Gasteiger partial charge in [-0.1, -0.05) is 262 Å². The maximum atomic E-state index is 2.94. The zero-order valence-corrected chi connectivity index (χ0v) is 59.7. The molecule has 4 nitrogen and oxygen atoms in total. The van der Waals surface area contributed by atoms with Crippen LogP contribution in [0.1, 0.15) is 111 Å². The highest BCUT2D eigenvalue weighted by atomic mass is 15.2. The van der Waals surface area contributed by atoms with E-state index in [0.29, 0.717) is 29.8 Å². The number of hydrogen-bond acceptors (Lipinski definition) is 4. The second kappa shape index (κ2) is 26.8. The largest absolute Gasteiger partial charge is 0.362 e. The predicted molar refractivity (Wildman–Crippen MR) is 440 cm³/mol. The smallest absolute Gasteiger partial charge is 0.0688 e. The van der Waals surface area contributed by atoms with Crippen molar-refractivity contribution in [3.8, 4) is 11.1 Å². The average Bonchev–Trinajstić information content (AvgIpc) is 1.50. The van der Waals surface area contributed by atoms with Crippen molar-refractivity contribution in [1.29, 1.82) is 0 Å². The maximum absolute atomic E-state index is 2.94. The molecule has 2 fully saturated rings. The lowest BCUT2D eigenvalue weighted by Crippen LogP contribution is -2.47. The van der Waals surface area contributed by atoms with Crippen molar-refractivity contribution in [3.05, 3.63) is 390 Å². The number of allylic oxidation sites excluding steroid dienone is 14. The van der Waals surface area contributed by atoms with E-state index in [9.17, 15) is 0 Å². The average molecular weight is 1360 g/mol. The minimum absolute atomic E-state index is 0.110. The zero-order chi connectivity index (χ0) is 69.4. The fourth-order valence-corrected chi connectivity index (χ4v) is 20.4. The normalized spacial score (nSPS) is 23.7. The Morgan fingerprint density at radius 3 is 1.52 bits per heavy atom. The Morgan fingerprint density at radius 1 is 0.371 bits per heavy atom. The van der Waals surface area contributed by atoms with Gasteiger partial charge in [-0.25, -0.2) is 0 Å². The fourth-order valence-electron chi connectivity index (χ4n) is 20.4. The molecule has 0 aromatic heterocycles. The summed E-state index contributed by atoms with van der Waals surface area (Å²) in [6.45, 7) is 0. The van der Waals surface area contributed by atoms with Gasteiger partial charge in [0, 0.05) is 81.0 Å². The highest BCUT2D eigenvalue weighted by molar-refractivity contribution is 6.00. The minimum atomic E-state index is -0.543. The number of hydrogen-bond donors (Lipinski definition) is 0. The molecule has 512 valence electrons. The Balaban J connectivity index is 0.724. The summed E-state index contributed by atoms with van der Waals surface area (Å²) in [5.74, 6) is 2.93. The number of anilines is 8. The van der Waals surface area contributed by atoms with Gasteiger partial charge in [0.25, 0.3) is 0 Å². The molecule has 0 amide bonds. The molecular weight excluding hydrogens is 1270 g/mol. The molecule has 0 aliphatic heterocycles. The second-order valence-electron chi connectivity index (χ2n) is 31.0. The molecule has 4 heteroatoms. The molecule has 11 aromatic carbocycles. The van der Waals surface area contributed by atoms with Crippen LogP contribution in [0.3, 0.4) is 0 Å². The molecule has 2 saturated carbocycles. The van der Waals surface area contributed by atoms with Crippen molar-refractivity contribution < 1.29 is 0 Å². The van der Waals surface area contributed by atoms with Gasteiger partial charge in [-0.2, -0.15) is 0 Å². The lowest BCUT2D eigenvalue weighted by molar-refractivity contribution is 0.0779. The van der Waals surface area contributed by atoms with E-state index in [4.69, 9.17) is 0 Å². The van der Waals surface area contributed by atoms with E-state index >= 15 is 0 Å². The highest BCUT2D eigenvalue weighted by Gasteiger charge is 2.54. The highest BCUT2D eigenvalue weighted by Crippen LogP contribution is 2.66. The van der Waals surface area contributed by atoms with Crippen LogP contribution in [0.4, 0.5) is 45.5 Å². The lowest BCUT2D eigenvalue weighted by Gasteiger charge is -2.48. The summed E-state index contributed by atoms with van der Waals surface area (Å²) in [5, 5.41) is 5.00. The van der Waals surface area contributed by atoms with Crippen LogP contribution in [0.2, 0.25) is 0 Å². The Labute approximate surface area is 619 Å². The summed E-state index contributed by atoms with van der Waals surface area (Å²) in [4.78, 5) is 10.4. The molecule has 20 rings (SSSR count). The van der Waals surface area contributed by atoms with Crippen molar-refractivity contribution in [2.75, 3.05) is 14.7 Å². The SMILES string of the molecule is C1=CC2C=CC(N(C3C=CC(c4ccc5c(c4)-c4cc(N(c6ccccc6)c6ccccc6)ccc4C54C5=C(C=C(C6=CCC(N(c7ccc8ccccc8c7)c7ccc8ccccc8c7)C=C6)CC5)c5cc(N(c6ccccc6)c6ccccc6)ccc54)CC3)C3CCC4CCCCC4C3)=CC2C=C1. The minimum Gasteiger partial charge on any atom is -0.362 e. The quantitative estimate of drug-likeness (QED) is 0.101. The first-order valence-electron chi connectivity index (χ1n) is 39.1. The van der Waals surface area contributed by atoms with Crippen LogP contribution >= 0.6 is 0 Å². The molecule has 105 heavy (non-hydrogen) atoms. The van der Waals surface area contributed by atoms with E-state index in [1.807, 2.05) is 0 Å². The van der Waals surface area contributed by atoms with Crippen LogP contribution in [0.5, 0.6) is 0 Å². The van der Waals surface area contributed by atoms with E-state index in [-0.39, 0.29) is 6.04 Å². The lowest BCUT2D eigenvalue weighted by atomic mass is 9.67. The summed E-state index contributed by atoms with van der Waals surface area (Å²) in [5.41, 5.74) is 25.3. The number of benzene rings is 11. The summed E-state index contributed by atoms with van der Waals surface area (Å²) in [7, 11) is 0. The molecule has 0 N–H and O–H groups in total. The van der Waals surface area contributed by atoms with Crippen molar-refractivity contribution in [3.63, 3.8) is 0 Å². The molecule has 0 heterocycles. The molecule has 1 spiro atoms. The van der Waals surface area contributed by atoms with Gasteiger partial charge in [-0.3, -0.25) is 0 Å². The standard InChI is InChI=1S/C101H88N4/c1-5-29-81(30-6-1)102(82-31-7-2-8-32-82)91-55-59-99-95(67-91)93-65-79(73-37-47-85(48-38-73)104(87-51-41-69-21-13-17-25-75(69)61-87)88-52-42-70-22-14-18-26-76(70)62-88)45-57-97(93)101(99)98-58-46-80(66-94(98)96-68-92(56-60-100(96)101)103(83-33-9-3-10-34-83)84-35-11-4-12-36-84)74-39-49-86(50-40-74)105(89-53-43-71-23-15-19-27-77(71)63-89)90-54-44-72-24-16-20-28-78(72)64-90/h1-15,17-19,21-23,25-27,29-39,41-43,46-47,49,51-53,55-56,58-63,65-68,71-72,74,77-78,85-86,90H,16,20,24,28,40,44-45,48,50,54,57,64H2. The van der Waals surface area contributed by atoms with Gasteiger partial charge in [-0.05, 0) is 249 Å². The second-order valence-corrected chi connectivity index (χ2v) is 31.0. The Morgan fingerprint density at radius 2 is 0.924 bits per heavy atom. The molecular formula is C101H88N4. The van der Waals surface area contributed by atoms with E-state index in [1.165, 1.54) is 145 Å². The molecule has 9 unspecified atom stereocenters. The third-order valence-electron chi connectivity index (χ3n) is 25.4. The van der Waals surface area contributed by atoms with E-state index in [0.717, 1.165) is 78.1 Å². The number of para-hydroxylation sites is 4. The number of nitrogens with zero attached hydrogens (tertiary/aromatic N) is 4. The van der Waals surface area contributed by atoms with Gasteiger partial charge in [0.05, 0.1) is 11.5 Å². The predicted octanol–water partition coefficient (Wildman–Crippen LogP) is 26.1. The Kier molecular flexibility index (Phi) is 16.2. The molecule has 0 radical (unpaired) electrons. The molecule has 0 saturated heterocycles. The van der Waals surface area contributed by atoms with Crippen molar-refractivity contribution in [2.45, 2.75) is 107 Å². The Hall–Kier alpha value is -11.2. The van der Waals surface area contributed by atoms with E-state index in [2.05, 4.69) is 359 Å². The first-order chi connectivity index (χ1) is 52.0. The van der Waals surface area contributed by atoms with Gasteiger partial charge in [-0.15, -0.1) is 0 Å². The number of fused-ring (bicyclic) bond motifs is 13. The van der Waals surface area contributed by atoms with E-state index < -0.39 is 5.41 Å². The fraction of sp³-hybridized carbons (Fsp3) is 0.208. The third-order valence-corrected chi connectivity index (χ3v) is 25.4. The van der Waals surface area contributed by atoms with Crippen LogP contribution in [0, 0.1) is 23.7 Å². The maximum Gasteiger partial charge on any atom is 0.0688 e. The number of rotatable bonds is 14. The monoisotopic (exact) mass is 1360 g/mol. The van der Waals surface area contributed by atoms with Crippen LogP contribution < -0.4 is 14.7 Å². The third kappa shape index (κ3) is 11.2. The van der Waals surface area contributed by atoms with Gasteiger partial charge in [0.1, 0.15) is 0 Å². The summed E-state index contributed by atoms with van der Waals surface area (Å²) < 4.78 is 0. The molecule has 11 aromatic rings.